The second kappa shape index (κ2) is 5.88. The first-order chi connectivity index (χ1) is 10.1. The second-order valence-electron chi connectivity index (χ2n) is 6.19. The molecule has 1 aliphatic carbocycles. The standard InChI is InChI=1S/C17H21NO3/c19-16(20)9-12-3-2-8-18(11-12)17(21)15-7-6-13-4-1-5-14(13)10-15/h6-7,10,12H,1-5,8-9,11H2,(H,19,20). The molecule has 0 bridgehead atoms. The lowest BCUT2D eigenvalue weighted by molar-refractivity contribution is -0.138. The minimum atomic E-state index is -0.771. The van der Waals surface area contributed by atoms with E-state index < -0.39 is 5.97 Å². The van der Waals surface area contributed by atoms with Crippen LogP contribution in [0.4, 0.5) is 0 Å². The highest BCUT2D eigenvalue weighted by Crippen LogP contribution is 2.25. The van der Waals surface area contributed by atoms with Crippen molar-refractivity contribution in [2.45, 2.75) is 38.5 Å². The Morgan fingerprint density at radius 2 is 2.00 bits per heavy atom. The van der Waals surface area contributed by atoms with Crippen molar-refractivity contribution < 1.29 is 14.7 Å². The van der Waals surface area contributed by atoms with Gasteiger partial charge in [0, 0.05) is 25.1 Å². The van der Waals surface area contributed by atoms with Gasteiger partial charge in [-0.15, -0.1) is 0 Å². The van der Waals surface area contributed by atoms with Crippen LogP contribution in [0.2, 0.25) is 0 Å². The van der Waals surface area contributed by atoms with Crippen LogP contribution in [0.15, 0.2) is 18.2 Å². The number of piperidine rings is 1. The molecule has 1 aromatic rings. The third-order valence-corrected chi connectivity index (χ3v) is 4.61. The van der Waals surface area contributed by atoms with Crippen LogP contribution in [0.5, 0.6) is 0 Å². The van der Waals surface area contributed by atoms with Gasteiger partial charge in [-0.3, -0.25) is 9.59 Å². The van der Waals surface area contributed by atoms with Crippen molar-refractivity contribution in [2.75, 3.05) is 13.1 Å². The van der Waals surface area contributed by atoms with Crippen LogP contribution in [0.1, 0.15) is 47.2 Å². The van der Waals surface area contributed by atoms with Gasteiger partial charge >= 0.3 is 5.97 Å². The number of fused-ring (bicyclic) bond motifs is 1. The number of carboxylic acids is 1. The Kier molecular flexibility index (Phi) is 3.95. The number of benzene rings is 1. The number of rotatable bonds is 3. The van der Waals surface area contributed by atoms with Crippen LogP contribution in [-0.2, 0) is 17.6 Å². The van der Waals surface area contributed by atoms with Crippen LogP contribution in [-0.4, -0.2) is 35.0 Å². The Balaban J connectivity index is 1.71. The molecule has 1 atom stereocenters. The number of hydrogen-bond donors (Lipinski definition) is 1. The van der Waals surface area contributed by atoms with Crippen LogP contribution in [0.25, 0.3) is 0 Å². The highest BCUT2D eigenvalue weighted by Gasteiger charge is 2.26. The summed E-state index contributed by atoms with van der Waals surface area (Å²) in [6, 6.07) is 6.03. The summed E-state index contributed by atoms with van der Waals surface area (Å²) < 4.78 is 0. The topological polar surface area (TPSA) is 57.6 Å². The molecule has 0 saturated carbocycles. The predicted molar refractivity (Wildman–Crippen MR) is 79.3 cm³/mol. The van der Waals surface area contributed by atoms with Gasteiger partial charge in [0.15, 0.2) is 0 Å². The number of carboxylic acid groups (broad SMARTS) is 1. The van der Waals surface area contributed by atoms with Crippen molar-refractivity contribution >= 4 is 11.9 Å². The smallest absolute Gasteiger partial charge is 0.303 e. The van der Waals surface area contributed by atoms with Gasteiger partial charge in [-0.05, 0) is 61.3 Å². The van der Waals surface area contributed by atoms with Gasteiger partial charge in [0.25, 0.3) is 5.91 Å². The van der Waals surface area contributed by atoms with Crippen molar-refractivity contribution in [3.05, 3.63) is 34.9 Å². The molecular weight excluding hydrogens is 266 g/mol. The van der Waals surface area contributed by atoms with Crippen molar-refractivity contribution in [2.24, 2.45) is 5.92 Å². The molecule has 0 radical (unpaired) electrons. The predicted octanol–water partition coefficient (Wildman–Crippen LogP) is 2.50. The zero-order valence-corrected chi connectivity index (χ0v) is 12.2. The fourth-order valence-corrected chi connectivity index (χ4v) is 3.55. The Morgan fingerprint density at radius 3 is 2.81 bits per heavy atom. The Bertz CT molecular complexity index is 567. The van der Waals surface area contributed by atoms with Crippen LogP contribution < -0.4 is 0 Å². The molecule has 4 nitrogen and oxygen atoms in total. The molecule has 1 amide bonds. The molecule has 21 heavy (non-hydrogen) atoms. The van der Waals surface area contributed by atoms with Gasteiger partial charge in [-0.2, -0.15) is 0 Å². The number of amides is 1. The average molecular weight is 287 g/mol. The maximum atomic E-state index is 12.6. The van der Waals surface area contributed by atoms with Gasteiger partial charge in [-0.1, -0.05) is 6.07 Å². The maximum Gasteiger partial charge on any atom is 0.303 e. The molecule has 0 spiro atoms. The third-order valence-electron chi connectivity index (χ3n) is 4.61. The molecule has 1 aromatic carbocycles. The summed E-state index contributed by atoms with van der Waals surface area (Å²) >= 11 is 0. The number of likely N-dealkylation sites (tertiary alicyclic amines) is 1. The van der Waals surface area contributed by atoms with Crippen molar-refractivity contribution in [3.8, 4) is 0 Å². The Labute approximate surface area is 124 Å². The Morgan fingerprint density at radius 1 is 1.19 bits per heavy atom. The molecule has 1 unspecified atom stereocenters. The van der Waals surface area contributed by atoms with E-state index in [0.717, 1.165) is 37.8 Å². The van der Waals surface area contributed by atoms with E-state index in [2.05, 4.69) is 6.07 Å². The third kappa shape index (κ3) is 3.09. The van der Waals surface area contributed by atoms with E-state index >= 15 is 0 Å². The summed E-state index contributed by atoms with van der Waals surface area (Å²) in [4.78, 5) is 25.3. The number of carbonyl (C=O) groups is 2. The lowest BCUT2D eigenvalue weighted by Gasteiger charge is -2.32. The number of carbonyl (C=O) groups excluding carboxylic acids is 1. The fourth-order valence-electron chi connectivity index (χ4n) is 3.55. The fraction of sp³-hybridized carbons (Fsp3) is 0.529. The SMILES string of the molecule is O=C(O)CC1CCCN(C(=O)c2ccc3c(c2)CCC3)C1. The normalized spacial score (nSPS) is 21.1. The van der Waals surface area contributed by atoms with Crippen molar-refractivity contribution in [1.29, 1.82) is 0 Å². The van der Waals surface area contributed by atoms with Gasteiger partial charge in [0.1, 0.15) is 0 Å². The number of hydrogen-bond acceptors (Lipinski definition) is 2. The summed E-state index contributed by atoms with van der Waals surface area (Å²) in [6.07, 6.45) is 5.33. The number of nitrogens with zero attached hydrogens (tertiary/aromatic N) is 1. The zero-order chi connectivity index (χ0) is 14.8. The number of aliphatic carboxylic acids is 1. The molecule has 112 valence electrons. The van der Waals surface area contributed by atoms with Crippen LogP contribution >= 0.6 is 0 Å². The zero-order valence-electron chi connectivity index (χ0n) is 12.2. The lowest BCUT2D eigenvalue weighted by Crippen LogP contribution is -2.40. The minimum Gasteiger partial charge on any atom is -0.481 e. The molecular formula is C17H21NO3. The summed E-state index contributed by atoms with van der Waals surface area (Å²) in [5.74, 6) is -0.624. The molecule has 2 aliphatic rings. The summed E-state index contributed by atoms with van der Waals surface area (Å²) in [7, 11) is 0. The molecule has 3 rings (SSSR count). The van der Waals surface area contributed by atoms with Crippen LogP contribution in [0, 0.1) is 5.92 Å². The highest BCUT2D eigenvalue weighted by atomic mass is 16.4. The van der Waals surface area contributed by atoms with E-state index in [4.69, 9.17) is 5.11 Å². The van der Waals surface area contributed by atoms with Gasteiger partial charge < -0.3 is 10.0 Å². The quantitative estimate of drug-likeness (QED) is 0.929. The van der Waals surface area contributed by atoms with E-state index in [0.29, 0.717) is 6.54 Å². The first kappa shape index (κ1) is 14.1. The maximum absolute atomic E-state index is 12.6. The monoisotopic (exact) mass is 287 g/mol. The minimum absolute atomic E-state index is 0.0554. The molecule has 1 saturated heterocycles. The molecule has 4 heteroatoms. The van der Waals surface area contributed by atoms with Crippen molar-refractivity contribution in [3.63, 3.8) is 0 Å². The molecule has 0 aromatic heterocycles. The average Bonchev–Trinajstić information content (AvgIpc) is 2.93. The van der Waals surface area contributed by atoms with E-state index in [1.165, 1.54) is 17.5 Å². The summed E-state index contributed by atoms with van der Waals surface area (Å²) in [5, 5.41) is 8.91. The molecule has 1 aliphatic heterocycles. The highest BCUT2D eigenvalue weighted by molar-refractivity contribution is 5.94. The molecule has 1 heterocycles. The van der Waals surface area contributed by atoms with Gasteiger partial charge in [0.05, 0.1) is 0 Å². The number of aryl methyl sites for hydroxylation is 2. The van der Waals surface area contributed by atoms with Crippen molar-refractivity contribution in [1.82, 2.24) is 4.90 Å². The molecule has 1 N–H and O–H groups in total. The first-order valence-corrected chi connectivity index (χ1v) is 7.76. The van der Waals surface area contributed by atoms with E-state index in [1.807, 2.05) is 17.0 Å². The van der Waals surface area contributed by atoms with Gasteiger partial charge in [-0.25, -0.2) is 0 Å². The van der Waals surface area contributed by atoms with E-state index in [-0.39, 0.29) is 18.2 Å². The van der Waals surface area contributed by atoms with E-state index in [9.17, 15) is 9.59 Å². The lowest BCUT2D eigenvalue weighted by atomic mass is 9.94. The summed E-state index contributed by atoms with van der Waals surface area (Å²) in [6.45, 7) is 1.31. The Hall–Kier alpha value is -1.84. The van der Waals surface area contributed by atoms with Crippen LogP contribution in [0.3, 0.4) is 0 Å². The largest absolute Gasteiger partial charge is 0.481 e. The summed E-state index contributed by atoms with van der Waals surface area (Å²) in [5.41, 5.74) is 3.43. The molecule has 1 fully saturated rings. The second-order valence-corrected chi connectivity index (χ2v) is 6.19. The van der Waals surface area contributed by atoms with E-state index in [1.54, 1.807) is 0 Å². The van der Waals surface area contributed by atoms with Gasteiger partial charge in [0.2, 0.25) is 0 Å². The first-order valence-electron chi connectivity index (χ1n) is 7.76.